The molecule has 0 heterocycles. The Labute approximate surface area is 71.9 Å². The highest BCUT2D eigenvalue weighted by molar-refractivity contribution is 5.79. The summed E-state index contributed by atoms with van der Waals surface area (Å²) < 4.78 is 0. The molecule has 70 valence electrons. The number of hydrogen-bond acceptors (Lipinski definition) is 3. The first kappa shape index (κ1) is 11.0. The highest BCUT2D eigenvalue weighted by atomic mass is 16.4. The summed E-state index contributed by atoms with van der Waals surface area (Å²) in [6.07, 6.45) is 2.30. The van der Waals surface area contributed by atoms with Crippen LogP contribution in [0.2, 0.25) is 0 Å². The largest absolute Gasteiger partial charge is 0.478 e. The molecule has 0 aromatic rings. The minimum absolute atomic E-state index is 0.187. The van der Waals surface area contributed by atoms with Crippen LogP contribution in [0.3, 0.4) is 0 Å². The third-order valence-electron chi connectivity index (χ3n) is 1.63. The fourth-order valence-corrected chi connectivity index (χ4v) is 0.468. The van der Waals surface area contributed by atoms with Crippen molar-refractivity contribution >= 4 is 5.97 Å². The summed E-state index contributed by atoms with van der Waals surface area (Å²) in [6, 6.07) is -0.187. The van der Waals surface area contributed by atoms with Gasteiger partial charge < -0.3 is 15.5 Å². The van der Waals surface area contributed by atoms with Gasteiger partial charge in [0.05, 0.1) is 11.6 Å². The molecule has 4 heteroatoms. The molecule has 0 rings (SSSR count). The minimum Gasteiger partial charge on any atom is -0.478 e. The summed E-state index contributed by atoms with van der Waals surface area (Å²) in [5.74, 6) is -1.01. The first-order chi connectivity index (χ1) is 5.34. The molecular formula is C8H15NO3. The molecule has 4 nitrogen and oxygen atoms in total. The van der Waals surface area contributed by atoms with E-state index in [1.165, 1.54) is 6.20 Å². The van der Waals surface area contributed by atoms with Gasteiger partial charge in [-0.3, -0.25) is 0 Å². The molecule has 12 heavy (non-hydrogen) atoms. The van der Waals surface area contributed by atoms with Crippen LogP contribution in [0, 0.1) is 0 Å². The summed E-state index contributed by atoms with van der Waals surface area (Å²) >= 11 is 0. The number of carbonyl (C=O) groups is 1. The van der Waals surface area contributed by atoms with Crippen LogP contribution < -0.4 is 5.32 Å². The highest BCUT2D eigenvalue weighted by Crippen LogP contribution is 2.06. The number of carboxylic acid groups (broad SMARTS) is 1. The van der Waals surface area contributed by atoms with Gasteiger partial charge in [-0.1, -0.05) is 0 Å². The molecule has 0 aromatic heterocycles. The fourth-order valence-electron chi connectivity index (χ4n) is 0.468. The Morgan fingerprint density at radius 1 is 1.58 bits per heavy atom. The lowest BCUT2D eigenvalue weighted by molar-refractivity contribution is -0.131. The van der Waals surface area contributed by atoms with Crippen LogP contribution >= 0.6 is 0 Å². The van der Waals surface area contributed by atoms with Crippen LogP contribution in [0.25, 0.3) is 0 Å². The number of rotatable bonds is 4. The van der Waals surface area contributed by atoms with E-state index in [2.05, 4.69) is 5.32 Å². The lowest BCUT2D eigenvalue weighted by Crippen LogP contribution is -2.42. The predicted octanol–water partition coefficient (Wildman–Crippen LogP) is 0.334. The quantitative estimate of drug-likeness (QED) is 0.536. The van der Waals surface area contributed by atoms with Crippen LogP contribution in [-0.2, 0) is 4.79 Å². The molecule has 0 spiro atoms. The molecule has 0 aliphatic carbocycles. The van der Waals surface area contributed by atoms with E-state index in [-0.39, 0.29) is 6.04 Å². The van der Waals surface area contributed by atoms with Gasteiger partial charge in [0.25, 0.3) is 0 Å². The summed E-state index contributed by atoms with van der Waals surface area (Å²) in [7, 11) is 0. The summed E-state index contributed by atoms with van der Waals surface area (Å²) in [4.78, 5) is 10.0. The van der Waals surface area contributed by atoms with Crippen LogP contribution in [0.1, 0.15) is 20.8 Å². The molecule has 0 saturated carbocycles. The zero-order valence-corrected chi connectivity index (χ0v) is 7.53. The van der Waals surface area contributed by atoms with Crippen molar-refractivity contribution in [2.45, 2.75) is 32.4 Å². The Hall–Kier alpha value is -1.03. The van der Waals surface area contributed by atoms with Gasteiger partial charge in [0, 0.05) is 12.3 Å². The third-order valence-corrected chi connectivity index (χ3v) is 1.63. The predicted molar refractivity (Wildman–Crippen MR) is 45.7 cm³/mol. The monoisotopic (exact) mass is 173 g/mol. The van der Waals surface area contributed by atoms with Gasteiger partial charge >= 0.3 is 5.97 Å². The van der Waals surface area contributed by atoms with Gasteiger partial charge in [0.2, 0.25) is 0 Å². The van der Waals surface area contributed by atoms with Gasteiger partial charge in [-0.2, -0.15) is 0 Å². The standard InChI is InChI=1S/C8H15NO3/c1-6(8(2,3)12)9-5-4-7(10)11/h4-6,9,12H,1-3H3,(H,10,11)/b5-4+. The average molecular weight is 173 g/mol. The van der Waals surface area contributed by atoms with E-state index in [1.807, 2.05) is 0 Å². The van der Waals surface area contributed by atoms with Gasteiger partial charge in [0.15, 0.2) is 0 Å². The Morgan fingerprint density at radius 3 is 2.42 bits per heavy atom. The van der Waals surface area contributed by atoms with E-state index in [0.717, 1.165) is 6.08 Å². The van der Waals surface area contributed by atoms with Crippen molar-refractivity contribution in [2.75, 3.05) is 0 Å². The SMILES string of the molecule is CC(N/C=C/C(=O)O)C(C)(C)O. The second kappa shape index (κ2) is 4.11. The van der Waals surface area contributed by atoms with Crippen molar-refractivity contribution in [1.29, 1.82) is 0 Å². The van der Waals surface area contributed by atoms with Crippen molar-refractivity contribution in [1.82, 2.24) is 5.32 Å². The Balaban J connectivity index is 3.87. The Kier molecular flexibility index (Phi) is 3.76. The maximum absolute atomic E-state index is 10.0. The molecular weight excluding hydrogens is 158 g/mol. The summed E-state index contributed by atoms with van der Waals surface area (Å²) in [5, 5.41) is 20.4. The third kappa shape index (κ3) is 4.73. The second-order valence-electron chi connectivity index (χ2n) is 3.21. The molecule has 1 atom stereocenters. The van der Waals surface area contributed by atoms with Crippen molar-refractivity contribution in [2.24, 2.45) is 0 Å². The maximum Gasteiger partial charge on any atom is 0.329 e. The molecule has 0 fully saturated rings. The van der Waals surface area contributed by atoms with E-state index >= 15 is 0 Å². The van der Waals surface area contributed by atoms with Crippen LogP contribution in [0.5, 0.6) is 0 Å². The molecule has 1 unspecified atom stereocenters. The van der Waals surface area contributed by atoms with E-state index in [9.17, 15) is 9.90 Å². The van der Waals surface area contributed by atoms with Gasteiger partial charge in [-0.05, 0) is 20.8 Å². The molecule has 0 aliphatic heterocycles. The normalized spacial score (nSPS) is 14.7. The lowest BCUT2D eigenvalue weighted by Gasteiger charge is -2.25. The molecule has 0 saturated heterocycles. The van der Waals surface area contributed by atoms with Gasteiger partial charge in [-0.25, -0.2) is 4.79 Å². The van der Waals surface area contributed by atoms with Gasteiger partial charge in [0.1, 0.15) is 0 Å². The number of hydrogen-bond donors (Lipinski definition) is 3. The first-order valence-corrected chi connectivity index (χ1v) is 3.72. The molecule has 0 bridgehead atoms. The highest BCUT2D eigenvalue weighted by Gasteiger charge is 2.20. The maximum atomic E-state index is 10.0. The zero-order valence-electron chi connectivity index (χ0n) is 7.53. The Bertz CT molecular complexity index is 181. The van der Waals surface area contributed by atoms with Crippen molar-refractivity contribution in [3.8, 4) is 0 Å². The minimum atomic E-state index is -1.01. The topological polar surface area (TPSA) is 69.6 Å². The molecule has 3 N–H and O–H groups in total. The fraction of sp³-hybridized carbons (Fsp3) is 0.625. The smallest absolute Gasteiger partial charge is 0.329 e. The lowest BCUT2D eigenvalue weighted by atomic mass is 10.0. The number of aliphatic carboxylic acids is 1. The first-order valence-electron chi connectivity index (χ1n) is 3.72. The average Bonchev–Trinajstić information content (AvgIpc) is 1.84. The molecule has 0 amide bonds. The van der Waals surface area contributed by atoms with Crippen LogP contribution in [0.4, 0.5) is 0 Å². The summed E-state index contributed by atoms with van der Waals surface area (Å²) in [6.45, 7) is 5.07. The van der Waals surface area contributed by atoms with Crippen molar-refractivity contribution in [3.05, 3.63) is 12.3 Å². The van der Waals surface area contributed by atoms with Crippen molar-refractivity contribution in [3.63, 3.8) is 0 Å². The molecule has 0 aliphatic rings. The number of aliphatic hydroxyl groups is 1. The zero-order chi connectivity index (χ0) is 9.78. The molecule has 0 radical (unpaired) electrons. The van der Waals surface area contributed by atoms with Crippen molar-refractivity contribution < 1.29 is 15.0 Å². The van der Waals surface area contributed by atoms with E-state index < -0.39 is 11.6 Å². The van der Waals surface area contributed by atoms with Gasteiger partial charge in [-0.15, -0.1) is 0 Å². The Morgan fingerprint density at radius 2 is 2.08 bits per heavy atom. The van der Waals surface area contributed by atoms with E-state index in [1.54, 1.807) is 20.8 Å². The van der Waals surface area contributed by atoms with Crippen LogP contribution in [0.15, 0.2) is 12.3 Å². The van der Waals surface area contributed by atoms with Crippen LogP contribution in [-0.4, -0.2) is 27.8 Å². The molecule has 0 aromatic carbocycles. The second-order valence-corrected chi connectivity index (χ2v) is 3.21. The van der Waals surface area contributed by atoms with E-state index in [0.29, 0.717) is 0 Å². The van der Waals surface area contributed by atoms with E-state index in [4.69, 9.17) is 5.11 Å². The number of nitrogens with one attached hydrogen (secondary N) is 1. The summed E-state index contributed by atoms with van der Waals surface area (Å²) in [5.41, 5.74) is -0.858. The number of carboxylic acids is 1.